The minimum atomic E-state index is -0.415. The fraction of sp³-hybridized carbons (Fsp3) is 0.269. The van der Waals surface area contributed by atoms with Crippen molar-refractivity contribution in [3.8, 4) is 11.1 Å². The van der Waals surface area contributed by atoms with Gasteiger partial charge in [-0.25, -0.2) is 14.4 Å². The van der Waals surface area contributed by atoms with Crippen molar-refractivity contribution in [1.29, 1.82) is 0 Å². The molecule has 4 N–H and O–H groups in total. The highest BCUT2D eigenvalue weighted by Crippen LogP contribution is 2.26. The smallest absolute Gasteiger partial charge is 0.290 e. The number of nitrogens with one attached hydrogen (secondary N) is 2. The molecule has 2 fully saturated rings. The quantitative estimate of drug-likeness (QED) is 0.426. The maximum atomic E-state index is 13.6. The normalized spacial score (nSPS) is 17.0. The topological polar surface area (TPSA) is 123 Å². The summed E-state index contributed by atoms with van der Waals surface area (Å²) in [5.74, 6) is -0.489. The van der Waals surface area contributed by atoms with E-state index < -0.39 is 5.91 Å². The van der Waals surface area contributed by atoms with E-state index >= 15 is 0 Å². The van der Waals surface area contributed by atoms with Crippen LogP contribution in [0.15, 0.2) is 59.9 Å². The van der Waals surface area contributed by atoms with Crippen LogP contribution in [0.1, 0.15) is 43.4 Å². The highest BCUT2D eigenvalue weighted by atomic mass is 32.2. The summed E-state index contributed by atoms with van der Waals surface area (Å²) < 4.78 is 13.6. The van der Waals surface area contributed by atoms with Crippen molar-refractivity contribution in [3.05, 3.63) is 77.0 Å². The van der Waals surface area contributed by atoms with Crippen LogP contribution in [-0.4, -0.2) is 32.1 Å². The van der Waals surface area contributed by atoms with E-state index in [1.165, 1.54) is 50.4 Å². The van der Waals surface area contributed by atoms with Gasteiger partial charge in [-0.05, 0) is 66.1 Å². The molecule has 3 heterocycles. The van der Waals surface area contributed by atoms with Crippen molar-refractivity contribution < 1.29 is 14.0 Å². The Morgan fingerprint density at radius 3 is 2.67 bits per heavy atom. The first-order valence-electron chi connectivity index (χ1n) is 11.7. The summed E-state index contributed by atoms with van der Waals surface area (Å²) >= 11 is 0.835. The SMILES string of the molecule is Fc1ccc(CNC2CCCCC2)c(-c2cccnc2)c1.Nc1nccc(/C=C2\SC(=O)NC2=O)n1. The fourth-order valence-corrected chi connectivity index (χ4v) is 4.75. The molecule has 0 unspecified atom stereocenters. The predicted octanol–water partition coefficient (Wildman–Crippen LogP) is 4.69. The van der Waals surface area contributed by atoms with E-state index in [-0.39, 0.29) is 17.0 Å². The van der Waals surface area contributed by atoms with Crippen LogP contribution in [0.5, 0.6) is 0 Å². The number of carbonyl (C=O) groups is 2. The summed E-state index contributed by atoms with van der Waals surface area (Å²) in [4.78, 5) is 34.1. The zero-order valence-electron chi connectivity index (χ0n) is 19.6. The van der Waals surface area contributed by atoms with Gasteiger partial charge in [0.25, 0.3) is 11.1 Å². The summed E-state index contributed by atoms with van der Waals surface area (Å²) in [6, 6.07) is 11.1. The Morgan fingerprint density at radius 2 is 1.97 bits per heavy atom. The molecule has 1 aromatic carbocycles. The van der Waals surface area contributed by atoms with Gasteiger partial charge < -0.3 is 11.1 Å². The zero-order valence-corrected chi connectivity index (χ0v) is 20.4. The van der Waals surface area contributed by atoms with Gasteiger partial charge in [0.1, 0.15) is 5.82 Å². The Balaban J connectivity index is 0.000000179. The number of benzene rings is 1. The van der Waals surface area contributed by atoms with Gasteiger partial charge in [-0.3, -0.25) is 19.9 Å². The van der Waals surface area contributed by atoms with Crippen molar-refractivity contribution in [2.24, 2.45) is 0 Å². The third-order valence-corrected chi connectivity index (χ3v) is 6.66. The van der Waals surface area contributed by atoms with E-state index in [0.717, 1.165) is 35.0 Å². The Kier molecular flexibility index (Phi) is 8.75. The molecule has 36 heavy (non-hydrogen) atoms. The van der Waals surface area contributed by atoms with Crippen LogP contribution in [-0.2, 0) is 11.3 Å². The zero-order chi connectivity index (χ0) is 25.3. The molecule has 1 aliphatic heterocycles. The molecule has 1 aliphatic carbocycles. The Labute approximate surface area is 213 Å². The number of pyridine rings is 1. The number of anilines is 1. The van der Waals surface area contributed by atoms with Crippen LogP contribution in [0.2, 0.25) is 0 Å². The van der Waals surface area contributed by atoms with Crippen LogP contribution < -0.4 is 16.4 Å². The van der Waals surface area contributed by atoms with Crippen LogP contribution in [0, 0.1) is 5.82 Å². The van der Waals surface area contributed by atoms with Crippen LogP contribution >= 0.6 is 11.8 Å². The number of amides is 2. The van der Waals surface area contributed by atoms with Crippen LogP contribution in [0.25, 0.3) is 17.2 Å². The van der Waals surface area contributed by atoms with Gasteiger partial charge in [0.15, 0.2) is 0 Å². The average Bonchev–Trinajstić information content (AvgIpc) is 3.21. The van der Waals surface area contributed by atoms with E-state index in [4.69, 9.17) is 5.73 Å². The summed E-state index contributed by atoms with van der Waals surface area (Å²) in [5, 5.41) is 5.39. The number of hydrogen-bond acceptors (Lipinski definition) is 8. The van der Waals surface area contributed by atoms with Gasteiger partial charge in [0.2, 0.25) is 5.95 Å². The maximum absolute atomic E-state index is 13.6. The molecule has 3 aromatic rings. The Hall–Kier alpha value is -3.63. The molecule has 0 atom stereocenters. The number of nitrogens with two attached hydrogens (primary N) is 1. The van der Waals surface area contributed by atoms with E-state index in [2.05, 4.69) is 25.6 Å². The second-order valence-corrected chi connectivity index (χ2v) is 9.47. The fourth-order valence-electron chi connectivity index (χ4n) is 4.08. The van der Waals surface area contributed by atoms with Gasteiger partial charge in [0, 0.05) is 36.7 Å². The number of carbonyl (C=O) groups excluding carboxylic acids is 2. The number of imide groups is 1. The lowest BCUT2D eigenvalue weighted by molar-refractivity contribution is -0.115. The molecule has 2 amide bonds. The third-order valence-electron chi connectivity index (χ3n) is 5.85. The first-order chi connectivity index (χ1) is 17.5. The molecular weight excluding hydrogens is 479 g/mol. The molecule has 0 bridgehead atoms. The lowest BCUT2D eigenvalue weighted by Crippen LogP contribution is -2.30. The Bertz CT molecular complexity index is 1250. The van der Waals surface area contributed by atoms with Crippen LogP contribution in [0.4, 0.5) is 15.1 Å². The highest BCUT2D eigenvalue weighted by molar-refractivity contribution is 8.18. The van der Waals surface area contributed by atoms with Crippen molar-refractivity contribution in [3.63, 3.8) is 0 Å². The van der Waals surface area contributed by atoms with Crippen molar-refractivity contribution >= 4 is 34.9 Å². The number of thioether (sulfide) groups is 1. The van der Waals surface area contributed by atoms with E-state index in [1.54, 1.807) is 24.5 Å². The van der Waals surface area contributed by atoms with Gasteiger partial charge in [-0.2, -0.15) is 0 Å². The van der Waals surface area contributed by atoms with Gasteiger partial charge >= 0.3 is 0 Å². The van der Waals surface area contributed by atoms with E-state index in [0.29, 0.717) is 16.6 Å². The summed E-state index contributed by atoms with van der Waals surface area (Å²) in [6.07, 6.45) is 13.0. The van der Waals surface area contributed by atoms with E-state index in [9.17, 15) is 14.0 Å². The lowest BCUT2D eigenvalue weighted by atomic mass is 9.94. The molecule has 186 valence electrons. The minimum Gasteiger partial charge on any atom is -0.368 e. The predicted molar refractivity (Wildman–Crippen MR) is 139 cm³/mol. The van der Waals surface area contributed by atoms with Gasteiger partial charge in [-0.15, -0.1) is 0 Å². The number of halogens is 1. The van der Waals surface area contributed by atoms with Crippen molar-refractivity contribution in [1.82, 2.24) is 25.6 Å². The van der Waals surface area contributed by atoms with Crippen molar-refractivity contribution in [2.45, 2.75) is 44.7 Å². The molecule has 1 saturated heterocycles. The molecule has 2 aliphatic rings. The summed E-state index contributed by atoms with van der Waals surface area (Å²) in [5.41, 5.74) is 8.90. The second kappa shape index (κ2) is 12.4. The van der Waals surface area contributed by atoms with Crippen molar-refractivity contribution in [2.75, 3.05) is 5.73 Å². The first-order valence-corrected chi connectivity index (χ1v) is 12.5. The molecule has 2 aromatic heterocycles. The van der Waals surface area contributed by atoms with E-state index in [1.807, 2.05) is 18.2 Å². The molecule has 5 rings (SSSR count). The lowest BCUT2D eigenvalue weighted by Gasteiger charge is -2.23. The molecule has 0 spiro atoms. The third kappa shape index (κ3) is 7.19. The molecule has 8 nitrogen and oxygen atoms in total. The number of rotatable bonds is 5. The van der Waals surface area contributed by atoms with Gasteiger partial charge in [-0.1, -0.05) is 31.4 Å². The molecule has 10 heteroatoms. The monoisotopic (exact) mass is 506 g/mol. The summed E-state index contributed by atoms with van der Waals surface area (Å²) in [6.45, 7) is 0.787. The minimum absolute atomic E-state index is 0.124. The second-order valence-electron chi connectivity index (χ2n) is 8.45. The summed E-state index contributed by atoms with van der Waals surface area (Å²) in [7, 11) is 0. The number of nitrogens with zero attached hydrogens (tertiary/aromatic N) is 3. The maximum Gasteiger partial charge on any atom is 0.290 e. The largest absolute Gasteiger partial charge is 0.368 e. The molecular formula is C26H27FN6O2S. The number of hydrogen-bond donors (Lipinski definition) is 3. The molecule has 1 saturated carbocycles. The number of aromatic nitrogens is 3. The van der Waals surface area contributed by atoms with Gasteiger partial charge in [0.05, 0.1) is 10.6 Å². The highest BCUT2D eigenvalue weighted by Gasteiger charge is 2.25. The number of nitrogen functional groups attached to an aromatic ring is 1. The average molecular weight is 507 g/mol. The molecule has 0 radical (unpaired) electrons. The Morgan fingerprint density at radius 1 is 1.14 bits per heavy atom. The standard InChI is InChI=1S/C18H21FN2.C8H6N4O2S/c19-16-9-8-15(13-21-17-6-2-1-3-7-17)18(11-16)14-5-4-10-20-12-14;9-7-10-2-1-4(11-7)3-5-6(13)12-8(14)15-5/h4-5,8-12,17,21H,1-3,6-7,13H2;1-3H,(H2,9,10,11)(H,12,13,14)/b;5-3-. The first kappa shape index (κ1) is 25.5. The van der Waals surface area contributed by atoms with Crippen LogP contribution in [0.3, 0.4) is 0 Å².